The number of carbonyl (C=O) groups excluding carboxylic acids is 3. The van der Waals surface area contributed by atoms with E-state index in [1.807, 2.05) is 4.90 Å². The van der Waals surface area contributed by atoms with Crippen LogP contribution in [0.15, 0.2) is 0 Å². The van der Waals surface area contributed by atoms with Crippen LogP contribution in [0.3, 0.4) is 0 Å². The highest BCUT2D eigenvalue weighted by Crippen LogP contribution is 2.32. The molecule has 1 amide bonds. The Kier molecular flexibility index (Phi) is 3.08. The molecule has 0 radical (unpaired) electrons. The average molecular weight is 223 g/mol. The lowest BCUT2D eigenvalue weighted by Gasteiger charge is -2.43. The molecule has 0 bridgehead atoms. The maximum Gasteiger partial charge on any atom is 0.222 e. The van der Waals surface area contributed by atoms with Gasteiger partial charge in [0.2, 0.25) is 5.91 Å². The van der Waals surface area contributed by atoms with Crippen molar-refractivity contribution in [2.45, 2.75) is 45.1 Å². The Bertz CT molecular complexity index is 337. The van der Waals surface area contributed by atoms with Crippen molar-refractivity contribution in [1.29, 1.82) is 0 Å². The molecule has 2 rings (SSSR count). The largest absolute Gasteiger partial charge is 0.339 e. The van der Waals surface area contributed by atoms with Gasteiger partial charge in [0.25, 0.3) is 0 Å². The summed E-state index contributed by atoms with van der Waals surface area (Å²) >= 11 is 0. The van der Waals surface area contributed by atoms with Crippen molar-refractivity contribution < 1.29 is 14.4 Å². The van der Waals surface area contributed by atoms with Crippen LogP contribution < -0.4 is 0 Å². The number of nitrogens with zero attached hydrogens (tertiary/aromatic N) is 1. The standard InChI is InChI=1S/C12H17NO3/c1-8(14)6-9-2-3-12(16)13-5-4-10(15)7-11(9)13/h9,11H,2-7H2,1H3. The number of amides is 1. The second kappa shape index (κ2) is 4.36. The second-order valence-electron chi connectivity index (χ2n) is 4.85. The van der Waals surface area contributed by atoms with Gasteiger partial charge < -0.3 is 9.69 Å². The average Bonchev–Trinajstić information content (AvgIpc) is 2.22. The number of Topliss-reactive ketones (excluding diaryl/α,β-unsaturated/α-hetero) is 2. The van der Waals surface area contributed by atoms with E-state index in [2.05, 4.69) is 0 Å². The minimum atomic E-state index is -0.00796. The fraction of sp³-hybridized carbons (Fsp3) is 0.750. The van der Waals surface area contributed by atoms with Crippen LogP contribution in [0.4, 0.5) is 0 Å². The van der Waals surface area contributed by atoms with Gasteiger partial charge in [-0.05, 0) is 19.3 Å². The number of piperidine rings is 2. The fourth-order valence-electron chi connectivity index (χ4n) is 2.84. The van der Waals surface area contributed by atoms with Crippen LogP contribution in [0.5, 0.6) is 0 Å². The molecule has 0 aromatic carbocycles. The minimum Gasteiger partial charge on any atom is -0.339 e. The van der Waals surface area contributed by atoms with E-state index >= 15 is 0 Å². The summed E-state index contributed by atoms with van der Waals surface area (Å²) in [5.74, 6) is 0.721. The Labute approximate surface area is 95.0 Å². The van der Waals surface area contributed by atoms with E-state index in [1.54, 1.807) is 6.92 Å². The van der Waals surface area contributed by atoms with Gasteiger partial charge in [0.15, 0.2) is 0 Å². The molecule has 88 valence electrons. The topological polar surface area (TPSA) is 54.5 Å². The number of carbonyl (C=O) groups is 3. The molecule has 2 atom stereocenters. The molecule has 2 saturated heterocycles. The van der Waals surface area contributed by atoms with E-state index in [0.29, 0.717) is 32.2 Å². The lowest BCUT2D eigenvalue weighted by Crippen LogP contribution is -2.53. The van der Waals surface area contributed by atoms with Crippen molar-refractivity contribution in [3.05, 3.63) is 0 Å². The van der Waals surface area contributed by atoms with Crippen LogP contribution >= 0.6 is 0 Å². The van der Waals surface area contributed by atoms with Gasteiger partial charge in [0.1, 0.15) is 11.6 Å². The third kappa shape index (κ3) is 2.15. The zero-order valence-corrected chi connectivity index (χ0v) is 9.57. The summed E-state index contributed by atoms with van der Waals surface area (Å²) in [6.45, 7) is 2.13. The van der Waals surface area contributed by atoms with Crippen LogP contribution in [-0.4, -0.2) is 35.0 Å². The molecule has 0 spiro atoms. The molecule has 16 heavy (non-hydrogen) atoms. The molecule has 0 N–H and O–H groups in total. The van der Waals surface area contributed by atoms with Crippen molar-refractivity contribution >= 4 is 17.5 Å². The molecule has 2 aliphatic rings. The van der Waals surface area contributed by atoms with E-state index in [0.717, 1.165) is 6.42 Å². The first-order valence-electron chi connectivity index (χ1n) is 5.88. The smallest absolute Gasteiger partial charge is 0.222 e. The molecular weight excluding hydrogens is 206 g/mol. The molecule has 0 saturated carbocycles. The van der Waals surface area contributed by atoms with Gasteiger partial charge in [0, 0.05) is 38.3 Å². The van der Waals surface area contributed by atoms with Gasteiger partial charge in [-0.15, -0.1) is 0 Å². The Morgan fingerprint density at radius 1 is 1.38 bits per heavy atom. The monoisotopic (exact) mass is 223 g/mol. The lowest BCUT2D eigenvalue weighted by atomic mass is 9.80. The van der Waals surface area contributed by atoms with E-state index in [-0.39, 0.29) is 29.4 Å². The Hall–Kier alpha value is -1.19. The van der Waals surface area contributed by atoms with Gasteiger partial charge in [0.05, 0.1) is 0 Å². The molecule has 2 unspecified atom stereocenters. The van der Waals surface area contributed by atoms with Crippen molar-refractivity contribution in [2.75, 3.05) is 6.54 Å². The molecule has 0 aromatic heterocycles. The highest BCUT2D eigenvalue weighted by molar-refractivity contribution is 5.85. The van der Waals surface area contributed by atoms with Gasteiger partial charge >= 0.3 is 0 Å². The number of fused-ring (bicyclic) bond motifs is 1. The summed E-state index contributed by atoms with van der Waals surface area (Å²) in [5, 5.41) is 0. The maximum absolute atomic E-state index is 11.7. The molecular formula is C12H17NO3. The van der Waals surface area contributed by atoms with Crippen molar-refractivity contribution in [3.63, 3.8) is 0 Å². The number of ketones is 2. The van der Waals surface area contributed by atoms with Gasteiger partial charge in [-0.25, -0.2) is 0 Å². The maximum atomic E-state index is 11.7. The molecule has 2 fully saturated rings. The predicted octanol–water partition coefficient (Wildman–Crippen LogP) is 0.936. The first-order chi connectivity index (χ1) is 7.58. The molecule has 0 aromatic rings. The summed E-state index contributed by atoms with van der Waals surface area (Å²) in [5.41, 5.74) is 0. The van der Waals surface area contributed by atoms with Crippen molar-refractivity contribution in [1.82, 2.24) is 4.90 Å². The van der Waals surface area contributed by atoms with Gasteiger partial charge in [-0.2, -0.15) is 0 Å². The third-order valence-corrected chi connectivity index (χ3v) is 3.61. The Balaban J connectivity index is 2.12. The van der Waals surface area contributed by atoms with Crippen LogP contribution in [0.2, 0.25) is 0 Å². The Morgan fingerprint density at radius 2 is 2.12 bits per heavy atom. The third-order valence-electron chi connectivity index (χ3n) is 3.61. The van der Waals surface area contributed by atoms with E-state index in [4.69, 9.17) is 0 Å². The first-order valence-corrected chi connectivity index (χ1v) is 5.88. The lowest BCUT2D eigenvalue weighted by molar-refractivity contribution is -0.145. The van der Waals surface area contributed by atoms with Gasteiger partial charge in [-0.1, -0.05) is 0 Å². The quantitative estimate of drug-likeness (QED) is 0.700. The van der Waals surface area contributed by atoms with E-state index in [9.17, 15) is 14.4 Å². The van der Waals surface area contributed by atoms with Crippen LogP contribution in [0, 0.1) is 5.92 Å². The molecule has 0 aliphatic carbocycles. The summed E-state index contributed by atoms with van der Waals surface area (Å²) in [6, 6.07) is -0.00796. The van der Waals surface area contributed by atoms with E-state index < -0.39 is 0 Å². The fourth-order valence-corrected chi connectivity index (χ4v) is 2.84. The SMILES string of the molecule is CC(=O)CC1CCC(=O)N2CCC(=O)CC12. The zero-order valence-electron chi connectivity index (χ0n) is 9.57. The number of rotatable bonds is 2. The minimum absolute atomic E-state index is 0.00796. The molecule has 4 heteroatoms. The summed E-state index contributed by atoms with van der Waals surface area (Å²) in [4.78, 5) is 36.1. The van der Waals surface area contributed by atoms with Crippen LogP contribution in [0.1, 0.15) is 39.0 Å². The summed E-state index contributed by atoms with van der Waals surface area (Å²) in [7, 11) is 0. The van der Waals surface area contributed by atoms with Crippen molar-refractivity contribution in [2.24, 2.45) is 5.92 Å². The molecule has 2 aliphatic heterocycles. The van der Waals surface area contributed by atoms with Gasteiger partial charge in [-0.3, -0.25) is 9.59 Å². The summed E-state index contributed by atoms with van der Waals surface area (Å²) in [6.07, 6.45) is 2.72. The zero-order chi connectivity index (χ0) is 11.7. The number of hydrogen-bond acceptors (Lipinski definition) is 3. The normalized spacial score (nSPS) is 30.2. The van der Waals surface area contributed by atoms with Crippen LogP contribution in [0.25, 0.3) is 0 Å². The van der Waals surface area contributed by atoms with Crippen molar-refractivity contribution in [3.8, 4) is 0 Å². The summed E-state index contributed by atoms with van der Waals surface area (Å²) < 4.78 is 0. The van der Waals surface area contributed by atoms with Crippen LogP contribution in [-0.2, 0) is 14.4 Å². The number of hydrogen-bond donors (Lipinski definition) is 0. The highest BCUT2D eigenvalue weighted by atomic mass is 16.2. The second-order valence-corrected chi connectivity index (χ2v) is 4.85. The highest BCUT2D eigenvalue weighted by Gasteiger charge is 2.39. The first kappa shape index (κ1) is 11.3. The Morgan fingerprint density at radius 3 is 2.81 bits per heavy atom. The van der Waals surface area contributed by atoms with E-state index in [1.165, 1.54) is 0 Å². The predicted molar refractivity (Wildman–Crippen MR) is 57.8 cm³/mol. The molecule has 4 nitrogen and oxygen atoms in total. The molecule has 2 heterocycles.